The van der Waals surface area contributed by atoms with Crippen LogP contribution in [0.3, 0.4) is 0 Å². The molecule has 2 unspecified atom stereocenters. The van der Waals surface area contributed by atoms with Gasteiger partial charge in [-0.2, -0.15) is 0 Å². The zero-order valence-corrected chi connectivity index (χ0v) is 16.8. The Hall–Kier alpha value is -3.12. The highest BCUT2D eigenvalue weighted by Gasteiger charge is 2.45. The van der Waals surface area contributed by atoms with E-state index in [0.717, 1.165) is 36.2 Å². The fourth-order valence-corrected chi connectivity index (χ4v) is 4.99. The molecule has 0 bridgehead atoms. The standard InChI is InChI=1S/C24H26N4O2/c29-23(16-26-14-13-25-17-26)28-20-12-6-9-19(20)24(30)27(15-18-7-2-1-3-8-18)21-10-4-5-11-22(21)28/h1-5,7-8,10-11,13-14,17,19-20,24,30H,6,9,12,15-16H2/t19?,20-,24?/m1/s1. The first-order valence-corrected chi connectivity index (χ1v) is 10.6. The molecule has 1 aromatic heterocycles. The Morgan fingerprint density at radius 3 is 2.57 bits per heavy atom. The summed E-state index contributed by atoms with van der Waals surface area (Å²) in [5.74, 6) is 0.0546. The Morgan fingerprint density at radius 2 is 1.80 bits per heavy atom. The molecule has 30 heavy (non-hydrogen) atoms. The fraction of sp³-hybridized carbons (Fsp3) is 0.333. The zero-order valence-electron chi connectivity index (χ0n) is 16.8. The molecule has 3 aromatic rings. The number of fused-ring (bicyclic) bond motifs is 2. The molecular formula is C24H26N4O2. The van der Waals surface area contributed by atoms with Gasteiger partial charge in [-0.15, -0.1) is 0 Å². The molecule has 1 amide bonds. The van der Waals surface area contributed by atoms with Gasteiger partial charge in [-0.3, -0.25) is 4.79 Å². The summed E-state index contributed by atoms with van der Waals surface area (Å²) in [6, 6.07) is 18.2. The van der Waals surface area contributed by atoms with Crippen LogP contribution in [-0.4, -0.2) is 32.8 Å². The molecule has 5 rings (SSSR count). The van der Waals surface area contributed by atoms with E-state index >= 15 is 0 Å². The maximum Gasteiger partial charge on any atom is 0.247 e. The van der Waals surface area contributed by atoms with Crippen molar-refractivity contribution in [3.05, 3.63) is 78.9 Å². The lowest BCUT2D eigenvalue weighted by atomic mass is 9.99. The molecule has 1 N–H and O–H groups in total. The molecule has 1 saturated carbocycles. The SMILES string of the molecule is O=C(Cn1ccnc1)N1c2ccccc2N(Cc2ccccc2)C(O)C2CCC[C@H]21. The number of rotatable bonds is 4. The number of aromatic nitrogens is 2. The summed E-state index contributed by atoms with van der Waals surface area (Å²) >= 11 is 0. The highest BCUT2D eigenvalue weighted by molar-refractivity contribution is 5.98. The highest BCUT2D eigenvalue weighted by atomic mass is 16.3. The molecule has 2 heterocycles. The molecule has 1 fully saturated rings. The molecule has 0 radical (unpaired) electrons. The maximum atomic E-state index is 13.5. The van der Waals surface area contributed by atoms with Gasteiger partial charge in [0.05, 0.1) is 17.7 Å². The normalized spacial score (nSPS) is 23.0. The molecule has 2 aromatic carbocycles. The van der Waals surface area contributed by atoms with Crippen LogP contribution in [0.2, 0.25) is 0 Å². The van der Waals surface area contributed by atoms with Crippen molar-refractivity contribution in [2.75, 3.05) is 9.80 Å². The van der Waals surface area contributed by atoms with E-state index in [2.05, 4.69) is 22.0 Å². The highest BCUT2D eigenvalue weighted by Crippen LogP contribution is 2.45. The second kappa shape index (κ2) is 7.95. The van der Waals surface area contributed by atoms with E-state index in [9.17, 15) is 9.90 Å². The van der Waals surface area contributed by atoms with Gasteiger partial charge in [0.15, 0.2) is 0 Å². The number of hydrogen-bond acceptors (Lipinski definition) is 4. The summed E-state index contributed by atoms with van der Waals surface area (Å²) in [6.07, 6.45) is 7.38. The molecule has 0 saturated heterocycles. The van der Waals surface area contributed by atoms with Crippen molar-refractivity contribution < 1.29 is 9.90 Å². The number of imidazole rings is 1. The molecule has 1 aliphatic heterocycles. The Bertz CT molecular complexity index is 1010. The minimum Gasteiger partial charge on any atom is -0.373 e. The lowest BCUT2D eigenvalue weighted by molar-refractivity contribution is -0.119. The number of anilines is 2. The van der Waals surface area contributed by atoms with Gasteiger partial charge in [-0.05, 0) is 30.5 Å². The van der Waals surface area contributed by atoms with E-state index < -0.39 is 6.23 Å². The summed E-state index contributed by atoms with van der Waals surface area (Å²) < 4.78 is 1.80. The number of nitrogens with zero attached hydrogens (tertiary/aromatic N) is 4. The van der Waals surface area contributed by atoms with Crippen LogP contribution in [0.1, 0.15) is 24.8 Å². The number of amides is 1. The van der Waals surface area contributed by atoms with E-state index in [1.807, 2.05) is 53.6 Å². The first kappa shape index (κ1) is 18.9. The summed E-state index contributed by atoms with van der Waals surface area (Å²) in [5.41, 5.74) is 2.92. The molecule has 2 aliphatic rings. The summed E-state index contributed by atoms with van der Waals surface area (Å²) in [6.45, 7) is 0.845. The van der Waals surface area contributed by atoms with Crippen LogP contribution in [-0.2, 0) is 17.9 Å². The van der Waals surface area contributed by atoms with Crippen molar-refractivity contribution in [1.82, 2.24) is 9.55 Å². The van der Waals surface area contributed by atoms with Gasteiger partial charge in [0.25, 0.3) is 0 Å². The van der Waals surface area contributed by atoms with Crippen LogP contribution in [0.5, 0.6) is 0 Å². The first-order valence-electron chi connectivity index (χ1n) is 10.6. The van der Waals surface area contributed by atoms with Crippen molar-refractivity contribution in [3.8, 4) is 0 Å². The number of carbonyl (C=O) groups is 1. The van der Waals surface area contributed by atoms with E-state index in [1.165, 1.54) is 0 Å². The molecule has 154 valence electrons. The van der Waals surface area contributed by atoms with Crippen molar-refractivity contribution >= 4 is 17.3 Å². The predicted octanol–water partition coefficient (Wildman–Crippen LogP) is 3.42. The van der Waals surface area contributed by atoms with Crippen LogP contribution in [0.25, 0.3) is 0 Å². The first-order chi connectivity index (χ1) is 14.7. The average molecular weight is 402 g/mol. The van der Waals surface area contributed by atoms with E-state index in [1.54, 1.807) is 17.1 Å². The Morgan fingerprint density at radius 1 is 1.03 bits per heavy atom. The second-order valence-corrected chi connectivity index (χ2v) is 8.18. The third-order valence-electron chi connectivity index (χ3n) is 6.36. The molecule has 3 atom stereocenters. The lowest BCUT2D eigenvalue weighted by Gasteiger charge is -2.33. The average Bonchev–Trinajstić information content (AvgIpc) is 3.44. The summed E-state index contributed by atoms with van der Waals surface area (Å²) in [5, 5.41) is 11.5. The van der Waals surface area contributed by atoms with Crippen molar-refractivity contribution in [2.45, 2.75) is 44.6 Å². The van der Waals surface area contributed by atoms with Crippen molar-refractivity contribution in [1.29, 1.82) is 0 Å². The number of hydrogen-bond donors (Lipinski definition) is 1. The van der Waals surface area contributed by atoms with Crippen molar-refractivity contribution in [2.24, 2.45) is 5.92 Å². The Balaban J connectivity index is 1.57. The van der Waals surface area contributed by atoms with E-state index in [4.69, 9.17) is 0 Å². The quantitative estimate of drug-likeness (QED) is 0.726. The van der Waals surface area contributed by atoms with E-state index in [0.29, 0.717) is 6.54 Å². The maximum absolute atomic E-state index is 13.5. The van der Waals surface area contributed by atoms with Gasteiger partial charge < -0.3 is 19.5 Å². The number of aliphatic hydroxyl groups is 1. The third kappa shape index (κ3) is 3.37. The van der Waals surface area contributed by atoms with Gasteiger partial charge in [0, 0.05) is 30.9 Å². The molecular weight excluding hydrogens is 376 g/mol. The lowest BCUT2D eigenvalue weighted by Crippen LogP contribution is -2.47. The summed E-state index contributed by atoms with van der Waals surface area (Å²) in [4.78, 5) is 21.6. The van der Waals surface area contributed by atoms with Crippen LogP contribution >= 0.6 is 0 Å². The Kier molecular flexibility index (Phi) is 5.01. The minimum atomic E-state index is -0.634. The molecule has 1 aliphatic carbocycles. The topological polar surface area (TPSA) is 61.6 Å². The number of aliphatic hydroxyl groups excluding tert-OH is 1. The van der Waals surface area contributed by atoms with Gasteiger partial charge in [0.2, 0.25) is 5.91 Å². The van der Waals surface area contributed by atoms with Gasteiger partial charge in [-0.25, -0.2) is 4.98 Å². The number of benzene rings is 2. The molecule has 6 nitrogen and oxygen atoms in total. The van der Waals surface area contributed by atoms with Gasteiger partial charge >= 0.3 is 0 Å². The Labute approximate surface area is 176 Å². The number of carbonyl (C=O) groups excluding carboxylic acids is 1. The van der Waals surface area contributed by atoms with Crippen LogP contribution in [0.15, 0.2) is 73.3 Å². The van der Waals surface area contributed by atoms with Crippen LogP contribution in [0.4, 0.5) is 11.4 Å². The molecule has 0 spiro atoms. The summed E-state index contributed by atoms with van der Waals surface area (Å²) in [7, 11) is 0. The smallest absolute Gasteiger partial charge is 0.247 e. The van der Waals surface area contributed by atoms with Gasteiger partial charge in [0.1, 0.15) is 12.8 Å². The van der Waals surface area contributed by atoms with Crippen LogP contribution < -0.4 is 9.80 Å². The third-order valence-corrected chi connectivity index (χ3v) is 6.36. The predicted molar refractivity (Wildman–Crippen MR) is 116 cm³/mol. The van der Waals surface area contributed by atoms with Crippen molar-refractivity contribution in [3.63, 3.8) is 0 Å². The zero-order chi connectivity index (χ0) is 20.5. The van der Waals surface area contributed by atoms with E-state index in [-0.39, 0.29) is 24.4 Å². The second-order valence-electron chi connectivity index (χ2n) is 8.18. The minimum absolute atomic E-state index is 0.00190. The number of para-hydroxylation sites is 2. The fourth-order valence-electron chi connectivity index (χ4n) is 4.99. The monoisotopic (exact) mass is 402 g/mol. The largest absolute Gasteiger partial charge is 0.373 e. The molecule has 6 heteroatoms. The van der Waals surface area contributed by atoms with Gasteiger partial charge in [-0.1, -0.05) is 48.9 Å². The van der Waals surface area contributed by atoms with Crippen LogP contribution in [0, 0.1) is 5.92 Å².